The molecular formula is C17H26N2O2. The Morgan fingerprint density at radius 2 is 1.95 bits per heavy atom. The molecule has 1 heterocycles. The van der Waals surface area contributed by atoms with Gasteiger partial charge in [0, 0.05) is 44.0 Å². The quantitative estimate of drug-likeness (QED) is 0.902. The summed E-state index contributed by atoms with van der Waals surface area (Å²) in [5.41, 5.74) is 2.03. The molecule has 1 saturated carbocycles. The summed E-state index contributed by atoms with van der Waals surface area (Å²) in [4.78, 5) is 4.96. The van der Waals surface area contributed by atoms with Crippen LogP contribution < -0.4 is 9.64 Å². The van der Waals surface area contributed by atoms with Crippen molar-refractivity contribution in [3.05, 3.63) is 23.8 Å². The summed E-state index contributed by atoms with van der Waals surface area (Å²) in [7, 11) is 1.67. The van der Waals surface area contributed by atoms with Crippen molar-refractivity contribution in [3.63, 3.8) is 0 Å². The van der Waals surface area contributed by atoms with Crippen molar-refractivity contribution in [2.24, 2.45) is 5.92 Å². The number of nitrogens with zero attached hydrogens (tertiary/aromatic N) is 2. The zero-order valence-corrected chi connectivity index (χ0v) is 13.1. The monoisotopic (exact) mass is 290 g/mol. The predicted octanol–water partition coefficient (Wildman–Crippen LogP) is 2.28. The lowest BCUT2D eigenvalue weighted by molar-refractivity contribution is 0.194. The number of benzene rings is 1. The lowest BCUT2D eigenvalue weighted by Crippen LogP contribution is -2.47. The number of hydrogen-bond donors (Lipinski definition) is 1. The molecule has 1 saturated heterocycles. The van der Waals surface area contributed by atoms with Gasteiger partial charge >= 0.3 is 0 Å². The van der Waals surface area contributed by atoms with E-state index in [1.54, 1.807) is 7.11 Å². The van der Waals surface area contributed by atoms with E-state index in [1.807, 2.05) is 19.1 Å². The molecule has 0 bridgehead atoms. The highest BCUT2D eigenvalue weighted by Gasteiger charge is 2.27. The number of aliphatic hydroxyl groups is 1. The van der Waals surface area contributed by atoms with E-state index >= 15 is 0 Å². The van der Waals surface area contributed by atoms with Gasteiger partial charge < -0.3 is 14.7 Å². The molecule has 0 spiro atoms. The summed E-state index contributed by atoms with van der Waals surface area (Å²) in [6.07, 6.45) is 2.32. The van der Waals surface area contributed by atoms with E-state index in [9.17, 15) is 5.11 Å². The molecule has 4 nitrogen and oxygen atoms in total. The minimum absolute atomic E-state index is 0.513. The molecule has 21 heavy (non-hydrogen) atoms. The second kappa shape index (κ2) is 6.24. The van der Waals surface area contributed by atoms with Gasteiger partial charge in [0.2, 0.25) is 0 Å². The second-order valence-electron chi connectivity index (χ2n) is 6.30. The van der Waals surface area contributed by atoms with Crippen LogP contribution in [0.4, 0.5) is 5.69 Å². The highest BCUT2D eigenvalue weighted by atomic mass is 16.5. The Hall–Kier alpha value is -1.26. The predicted molar refractivity (Wildman–Crippen MR) is 85.0 cm³/mol. The summed E-state index contributed by atoms with van der Waals surface area (Å²) in [6, 6.07) is 6.03. The average molecular weight is 290 g/mol. The van der Waals surface area contributed by atoms with Crippen molar-refractivity contribution in [1.82, 2.24) is 4.90 Å². The molecule has 1 aliphatic heterocycles. The van der Waals surface area contributed by atoms with Gasteiger partial charge in [0.1, 0.15) is 5.75 Å². The largest absolute Gasteiger partial charge is 0.496 e. The Balaban J connectivity index is 1.72. The molecule has 1 N–H and O–H groups in total. The molecular weight excluding hydrogens is 264 g/mol. The molecule has 0 aromatic heterocycles. The van der Waals surface area contributed by atoms with Crippen LogP contribution >= 0.6 is 0 Å². The van der Waals surface area contributed by atoms with Gasteiger partial charge in [0.05, 0.1) is 13.2 Å². The third kappa shape index (κ3) is 3.33. The molecule has 1 unspecified atom stereocenters. The molecule has 1 aliphatic carbocycles. The first kappa shape index (κ1) is 14.7. The molecule has 1 aromatic rings. The Morgan fingerprint density at radius 3 is 2.52 bits per heavy atom. The maximum Gasteiger partial charge on any atom is 0.126 e. The van der Waals surface area contributed by atoms with Crippen LogP contribution in [0.3, 0.4) is 0 Å². The van der Waals surface area contributed by atoms with Crippen LogP contribution in [0.1, 0.15) is 31.4 Å². The highest BCUT2D eigenvalue weighted by molar-refractivity contribution is 5.60. The highest BCUT2D eigenvalue weighted by Crippen LogP contribution is 2.35. The van der Waals surface area contributed by atoms with Gasteiger partial charge in [0.25, 0.3) is 0 Å². The van der Waals surface area contributed by atoms with E-state index in [1.165, 1.54) is 19.4 Å². The molecule has 0 radical (unpaired) electrons. The number of ether oxygens (including phenoxy) is 1. The van der Waals surface area contributed by atoms with Gasteiger partial charge in [-0.3, -0.25) is 4.90 Å². The van der Waals surface area contributed by atoms with Crippen molar-refractivity contribution in [1.29, 1.82) is 0 Å². The minimum Gasteiger partial charge on any atom is -0.496 e. The molecule has 1 aromatic carbocycles. The Kier molecular flexibility index (Phi) is 4.36. The molecule has 0 amide bonds. The Bertz CT molecular complexity index is 478. The van der Waals surface area contributed by atoms with Crippen LogP contribution in [0, 0.1) is 5.92 Å². The zero-order chi connectivity index (χ0) is 14.8. The molecule has 2 fully saturated rings. The standard InChI is InChI=1S/C17H26N2O2/c1-13(20)17-15(4-3-5-16(17)21-2)19-10-8-18(9-11-19)12-14-6-7-14/h3-5,13-14,20H,6-12H2,1-2H3. The first-order valence-electron chi connectivity index (χ1n) is 8.01. The fraction of sp³-hybridized carbons (Fsp3) is 0.647. The normalized spacial score (nSPS) is 21.4. The van der Waals surface area contributed by atoms with Gasteiger partial charge in [-0.2, -0.15) is 0 Å². The maximum absolute atomic E-state index is 10.1. The average Bonchev–Trinajstić information content (AvgIpc) is 3.31. The molecule has 116 valence electrons. The van der Waals surface area contributed by atoms with Crippen molar-refractivity contribution in [2.45, 2.75) is 25.9 Å². The minimum atomic E-state index is -0.513. The zero-order valence-electron chi connectivity index (χ0n) is 13.1. The van der Waals surface area contributed by atoms with Crippen LogP contribution in [0.25, 0.3) is 0 Å². The summed E-state index contributed by atoms with van der Waals surface area (Å²) < 4.78 is 5.42. The summed E-state index contributed by atoms with van der Waals surface area (Å²) >= 11 is 0. The van der Waals surface area contributed by atoms with Crippen LogP contribution in [0.5, 0.6) is 5.75 Å². The smallest absolute Gasteiger partial charge is 0.126 e. The first-order chi connectivity index (χ1) is 10.2. The van der Waals surface area contributed by atoms with Crippen LogP contribution in [-0.4, -0.2) is 49.8 Å². The van der Waals surface area contributed by atoms with E-state index in [4.69, 9.17) is 4.74 Å². The Labute approximate surface area is 127 Å². The molecule has 3 rings (SSSR count). The van der Waals surface area contributed by atoms with Crippen LogP contribution in [0.15, 0.2) is 18.2 Å². The van der Waals surface area contributed by atoms with Crippen molar-refractivity contribution in [2.75, 3.05) is 44.7 Å². The second-order valence-corrected chi connectivity index (χ2v) is 6.30. The van der Waals surface area contributed by atoms with Gasteiger partial charge in [0.15, 0.2) is 0 Å². The van der Waals surface area contributed by atoms with Gasteiger partial charge in [-0.05, 0) is 37.8 Å². The number of piperazine rings is 1. The first-order valence-corrected chi connectivity index (χ1v) is 8.01. The summed E-state index contributed by atoms with van der Waals surface area (Å²) in [5, 5.41) is 10.1. The SMILES string of the molecule is COc1cccc(N2CCN(CC3CC3)CC2)c1C(C)O. The van der Waals surface area contributed by atoms with Crippen molar-refractivity contribution >= 4 is 5.69 Å². The third-order valence-corrected chi connectivity index (χ3v) is 4.61. The number of anilines is 1. The summed E-state index contributed by atoms with van der Waals surface area (Å²) in [5.74, 6) is 1.74. The van der Waals surface area contributed by atoms with Gasteiger partial charge in [-0.15, -0.1) is 0 Å². The Morgan fingerprint density at radius 1 is 1.24 bits per heavy atom. The lowest BCUT2D eigenvalue weighted by Gasteiger charge is -2.37. The number of hydrogen-bond acceptors (Lipinski definition) is 4. The topological polar surface area (TPSA) is 35.9 Å². The van der Waals surface area contributed by atoms with E-state index in [2.05, 4.69) is 15.9 Å². The van der Waals surface area contributed by atoms with E-state index in [0.717, 1.165) is 49.1 Å². The van der Waals surface area contributed by atoms with Crippen LogP contribution in [0.2, 0.25) is 0 Å². The van der Waals surface area contributed by atoms with E-state index < -0.39 is 6.10 Å². The van der Waals surface area contributed by atoms with Crippen LogP contribution in [-0.2, 0) is 0 Å². The van der Waals surface area contributed by atoms with Gasteiger partial charge in [-0.1, -0.05) is 6.07 Å². The molecule has 1 atom stereocenters. The fourth-order valence-electron chi connectivity index (χ4n) is 3.24. The maximum atomic E-state index is 10.1. The third-order valence-electron chi connectivity index (χ3n) is 4.61. The van der Waals surface area contributed by atoms with E-state index in [0.29, 0.717) is 0 Å². The lowest BCUT2D eigenvalue weighted by atomic mass is 10.0. The number of aliphatic hydroxyl groups excluding tert-OH is 1. The number of methoxy groups -OCH3 is 1. The van der Waals surface area contributed by atoms with Crippen molar-refractivity contribution in [3.8, 4) is 5.75 Å². The number of rotatable bonds is 5. The molecule has 2 aliphatic rings. The molecule has 4 heteroatoms. The summed E-state index contributed by atoms with van der Waals surface area (Å²) in [6.45, 7) is 7.37. The fourth-order valence-corrected chi connectivity index (χ4v) is 3.24. The van der Waals surface area contributed by atoms with E-state index in [-0.39, 0.29) is 0 Å². The van der Waals surface area contributed by atoms with Gasteiger partial charge in [-0.25, -0.2) is 0 Å². The van der Waals surface area contributed by atoms with Crippen molar-refractivity contribution < 1.29 is 9.84 Å².